The highest BCUT2D eigenvalue weighted by molar-refractivity contribution is 5.43. The van der Waals surface area contributed by atoms with Gasteiger partial charge in [0.2, 0.25) is 0 Å². The van der Waals surface area contributed by atoms with E-state index in [2.05, 4.69) is 24.2 Å². The van der Waals surface area contributed by atoms with Crippen LogP contribution in [0.1, 0.15) is 30.2 Å². The van der Waals surface area contributed by atoms with Crippen molar-refractivity contribution >= 4 is 5.82 Å². The second-order valence-corrected chi connectivity index (χ2v) is 4.34. The maximum absolute atomic E-state index is 6.14. The van der Waals surface area contributed by atoms with Crippen molar-refractivity contribution in [3.8, 4) is 0 Å². The van der Waals surface area contributed by atoms with Crippen molar-refractivity contribution in [2.45, 2.75) is 33.2 Å². The summed E-state index contributed by atoms with van der Waals surface area (Å²) in [5, 5.41) is 4.52. The van der Waals surface area contributed by atoms with E-state index < -0.39 is 0 Å². The van der Waals surface area contributed by atoms with Gasteiger partial charge >= 0.3 is 0 Å². The molecule has 0 bridgehead atoms. The molecule has 1 aromatic heterocycles. The SMILES string of the molecule is CCCc1c(C)nn(Cc2ccccc2)c1N. The third kappa shape index (κ3) is 2.49. The van der Waals surface area contributed by atoms with Crippen LogP contribution in [0.15, 0.2) is 30.3 Å². The van der Waals surface area contributed by atoms with Gasteiger partial charge in [0.25, 0.3) is 0 Å². The topological polar surface area (TPSA) is 43.8 Å². The molecule has 0 fully saturated rings. The summed E-state index contributed by atoms with van der Waals surface area (Å²) in [6.45, 7) is 4.94. The molecule has 0 aliphatic rings. The van der Waals surface area contributed by atoms with Crippen molar-refractivity contribution in [2.24, 2.45) is 0 Å². The molecule has 2 rings (SSSR count). The number of hydrogen-bond acceptors (Lipinski definition) is 2. The minimum Gasteiger partial charge on any atom is -0.384 e. The predicted octanol–water partition coefficient (Wildman–Crippen LogP) is 2.77. The maximum Gasteiger partial charge on any atom is 0.125 e. The Morgan fingerprint density at radius 3 is 2.59 bits per heavy atom. The molecule has 0 saturated carbocycles. The van der Waals surface area contributed by atoms with Crippen LogP contribution >= 0.6 is 0 Å². The predicted molar refractivity (Wildman–Crippen MR) is 70.9 cm³/mol. The molecule has 90 valence electrons. The number of anilines is 1. The molecule has 0 saturated heterocycles. The van der Waals surface area contributed by atoms with Crippen LogP contribution in [0.5, 0.6) is 0 Å². The Hall–Kier alpha value is -1.77. The average molecular weight is 229 g/mol. The third-order valence-corrected chi connectivity index (χ3v) is 2.97. The van der Waals surface area contributed by atoms with Crippen LogP contribution in [-0.2, 0) is 13.0 Å². The van der Waals surface area contributed by atoms with E-state index in [1.165, 1.54) is 11.1 Å². The summed E-state index contributed by atoms with van der Waals surface area (Å²) in [5.41, 5.74) is 9.62. The quantitative estimate of drug-likeness (QED) is 0.876. The summed E-state index contributed by atoms with van der Waals surface area (Å²) in [6.07, 6.45) is 2.11. The normalized spacial score (nSPS) is 10.7. The van der Waals surface area contributed by atoms with Gasteiger partial charge in [-0.05, 0) is 18.9 Å². The van der Waals surface area contributed by atoms with Gasteiger partial charge < -0.3 is 5.73 Å². The molecule has 0 aliphatic carbocycles. The Morgan fingerprint density at radius 1 is 1.24 bits per heavy atom. The monoisotopic (exact) mass is 229 g/mol. The smallest absolute Gasteiger partial charge is 0.125 e. The Bertz CT molecular complexity index is 486. The van der Waals surface area contributed by atoms with Gasteiger partial charge in [-0.3, -0.25) is 0 Å². The first-order valence-electron chi connectivity index (χ1n) is 6.08. The molecule has 0 unspecified atom stereocenters. The lowest BCUT2D eigenvalue weighted by atomic mass is 10.1. The molecule has 0 atom stereocenters. The standard InChI is InChI=1S/C14H19N3/c1-3-7-13-11(2)16-17(14(13)15)10-12-8-5-4-6-9-12/h4-6,8-9H,3,7,10,15H2,1-2H3. The number of benzene rings is 1. The minimum atomic E-state index is 0.747. The molecule has 0 spiro atoms. The number of aryl methyl sites for hydroxylation is 1. The van der Waals surface area contributed by atoms with E-state index in [9.17, 15) is 0 Å². The highest BCUT2D eigenvalue weighted by atomic mass is 15.3. The summed E-state index contributed by atoms with van der Waals surface area (Å²) in [5.74, 6) is 0.813. The van der Waals surface area contributed by atoms with Gasteiger partial charge in [0.1, 0.15) is 5.82 Å². The molecule has 0 radical (unpaired) electrons. The second-order valence-electron chi connectivity index (χ2n) is 4.34. The Kier molecular flexibility index (Phi) is 3.47. The fourth-order valence-electron chi connectivity index (χ4n) is 2.07. The van der Waals surface area contributed by atoms with E-state index in [0.29, 0.717) is 0 Å². The molecule has 3 nitrogen and oxygen atoms in total. The van der Waals surface area contributed by atoms with Crippen LogP contribution in [0.2, 0.25) is 0 Å². The molecule has 1 heterocycles. The lowest BCUT2D eigenvalue weighted by Crippen LogP contribution is -2.06. The molecule has 0 aliphatic heterocycles. The van der Waals surface area contributed by atoms with E-state index in [1.807, 2.05) is 29.8 Å². The van der Waals surface area contributed by atoms with Gasteiger partial charge in [-0.15, -0.1) is 0 Å². The Morgan fingerprint density at radius 2 is 1.94 bits per heavy atom. The molecule has 3 heteroatoms. The first kappa shape index (κ1) is 11.7. The van der Waals surface area contributed by atoms with E-state index in [1.54, 1.807) is 0 Å². The summed E-state index contributed by atoms with van der Waals surface area (Å²) in [6, 6.07) is 10.3. The number of nitrogen functional groups attached to an aromatic ring is 1. The molecule has 17 heavy (non-hydrogen) atoms. The first-order chi connectivity index (χ1) is 8.22. The summed E-state index contributed by atoms with van der Waals surface area (Å²) in [4.78, 5) is 0. The fourth-order valence-corrected chi connectivity index (χ4v) is 2.07. The minimum absolute atomic E-state index is 0.747. The zero-order chi connectivity index (χ0) is 12.3. The fraction of sp³-hybridized carbons (Fsp3) is 0.357. The van der Waals surface area contributed by atoms with Crippen molar-refractivity contribution in [1.29, 1.82) is 0 Å². The van der Waals surface area contributed by atoms with Gasteiger partial charge in [0.05, 0.1) is 12.2 Å². The van der Waals surface area contributed by atoms with Crippen LogP contribution in [0.4, 0.5) is 5.82 Å². The van der Waals surface area contributed by atoms with E-state index >= 15 is 0 Å². The number of rotatable bonds is 4. The van der Waals surface area contributed by atoms with Crippen LogP contribution in [0.3, 0.4) is 0 Å². The van der Waals surface area contributed by atoms with Crippen molar-refractivity contribution in [2.75, 3.05) is 5.73 Å². The lowest BCUT2D eigenvalue weighted by molar-refractivity contribution is 0.689. The maximum atomic E-state index is 6.14. The molecule has 1 aromatic carbocycles. The Balaban J connectivity index is 2.25. The van der Waals surface area contributed by atoms with Gasteiger partial charge in [0.15, 0.2) is 0 Å². The van der Waals surface area contributed by atoms with Crippen LogP contribution in [-0.4, -0.2) is 9.78 Å². The van der Waals surface area contributed by atoms with Gasteiger partial charge in [-0.25, -0.2) is 4.68 Å². The zero-order valence-electron chi connectivity index (χ0n) is 10.5. The van der Waals surface area contributed by atoms with Gasteiger partial charge in [0, 0.05) is 5.56 Å². The van der Waals surface area contributed by atoms with Crippen LogP contribution < -0.4 is 5.73 Å². The summed E-state index contributed by atoms with van der Waals surface area (Å²) < 4.78 is 1.90. The average Bonchev–Trinajstić information content (AvgIpc) is 2.59. The third-order valence-electron chi connectivity index (χ3n) is 2.97. The van der Waals surface area contributed by atoms with E-state index in [4.69, 9.17) is 5.73 Å². The Labute approximate surface area is 102 Å². The zero-order valence-corrected chi connectivity index (χ0v) is 10.5. The highest BCUT2D eigenvalue weighted by Crippen LogP contribution is 2.19. The largest absolute Gasteiger partial charge is 0.384 e. The van der Waals surface area contributed by atoms with E-state index in [0.717, 1.165) is 30.9 Å². The summed E-state index contributed by atoms with van der Waals surface area (Å²) >= 11 is 0. The molecular weight excluding hydrogens is 210 g/mol. The summed E-state index contributed by atoms with van der Waals surface area (Å²) in [7, 11) is 0. The van der Waals surface area contributed by atoms with E-state index in [-0.39, 0.29) is 0 Å². The highest BCUT2D eigenvalue weighted by Gasteiger charge is 2.11. The van der Waals surface area contributed by atoms with Crippen molar-refractivity contribution in [1.82, 2.24) is 9.78 Å². The molecule has 0 amide bonds. The molecular formula is C14H19N3. The lowest BCUT2D eigenvalue weighted by Gasteiger charge is -2.05. The first-order valence-corrected chi connectivity index (χ1v) is 6.08. The number of nitrogens with zero attached hydrogens (tertiary/aromatic N) is 2. The van der Waals surface area contributed by atoms with Crippen LogP contribution in [0, 0.1) is 6.92 Å². The van der Waals surface area contributed by atoms with Crippen molar-refractivity contribution < 1.29 is 0 Å². The van der Waals surface area contributed by atoms with Crippen molar-refractivity contribution in [3.63, 3.8) is 0 Å². The van der Waals surface area contributed by atoms with Gasteiger partial charge in [-0.1, -0.05) is 43.7 Å². The number of aromatic nitrogens is 2. The number of hydrogen-bond donors (Lipinski definition) is 1. The molecule has 2 aromatic rings. The van der Waals surface area contributed by atoms with Crippen LogP contribution in [0.25, 0.3) is 0 Å². The number of nitrogens with two attached hydrogens (primary N) is 1. The van der Waals surface area contributed by atoms with Gasteiger partial charge in [-0.2, -0.15) is 5.10 Å². The second kappa shape index (κ2) is 5.04. The molecule has 2 N–H and O–H groups in total. The van der Waals surface area contributed by atoms with Crippen molar-refractivity contribution in [3.05, 3.63) is 47.2 Å².